The number of nitro groups is 4. The standard InChI is InChI=1S/2C17H12N4O6.Cr.Na/c2*1-9-6-13(16(22)12-5-3-2-4-11(9)12)18-19-14-7-10(20(24)25)8-15(17(14)23)21(26)27;;/h2*2-8,22-23H,1H3;;/q;;;+1. The van der Waals surface area contributed by atoms with Gasteiger partial charge in [-0.1, -0.05) is 48.5 Å². The van der Waals surface area contributed by atoms with Crippen LogP contribution in [-0.4, -0.2) is 40.1 Å². The van der Waals surface area contributed by atoms with Crippen LogP contribution >= 0.6 is 0 Å². The molecule has 0 spiro atoms. The van der Waals surface area contributed by atoms with Crippen molar-refractivity contribution in [3.8, 4) is 23.0 Å². The summed E-state index contributed by atoms with van der Waals surface area (Å²) < 4.78 is 0. The first-order valence-electron chi connectivity index (χ1n) is 15.2. The SMILES string of the molecule is Cc1cc(N=Nc2cc([N+](=O)[O-])cc([N+](=O)[O-])c2O)c(O)c2ccccc12.Cc1cc(N=Nc2cc([N+](=O)[O-])cc([N+](=O)[O-])c2O)c(O)c2ccccc12.[Cr].[Na+]. The zero-order chi connectivity index (χ0) is 39.4. The molecule has 0 saturated carbocycles. The number of hydrogen-bond donors (Lipinski definition) is 4. The van der Waals surface area contributed by atoms with E-state index in [0.717, 1.165) is 34.0 Å². The number of hydrogen-bond acceptors (Lipinski definition) is 16. The quantitative estimate of drug-likeness (QED) is 0.0548. The van der Waals surface area contributed by atoms with E-state index in [2.05, 4.69) is 20.5 Å². The predicted octanol–water partition coefficient (Wildman–Crippen LogP) is 6.58. The minimum atomic E-state index is -0.959. The Morgan fingerprint density at radius 2 is 0.732 bits per heavy atom. The summed E-state index contributed by atoms with van der Waals surface area (Å²) >= 11 is 0. The molecular weight excluding hydrogens is 787 g/mol. The Bertz CT molecular complexity index is 2450. The number of aromatic hydroxyl groups is 4. The molecule has 0 heterocycles. The minimum Gasteiger partial charge on any atom is -0.505 e. The molecule has 0 amide bonds. The van der Waals surface area contributed by atoms with Gasteiger partial charge in [0.25, 0.3) is 11.4 Å². The third-order valence-corrected chi connectivity index (χ3v) is 7.86. The molecule has 0 aliphatic carbocycles. The molecule has 0 radical (unpaired) electrons. The molecule has 0 fully saturated rings. The van der Waals surface area contributed by atoms with Crippen LogP contribution in [-0.2, 0) is 17.4 Å². The topological polar surface area (TPSA) is 303 Å². The Labute approximate surface area is 346 Å². The van der Waals surface area contributed by atoms with E-state index < -0.39 is 65.3 Å². The van der Waals surface area contributed by atoms with Crippen molar-refractivity contribution in [2.45, 2.75) is 13.8 Å². The number of fused-ring (bicyclic) bond motifs is 2. The van der Waals surface area contributed by atoms with E-state index in [1.165, 1.54) is 0 Å². The van der Waals surface area contributed by atoms with Gasteiger partial charge in [-0.15, -0.1) is 20.5 Å². The van der Waals surface area contributed by atoms with Gasteiger partial charge in [-0.3, -0.25) is 40.5 Å². The Balaban J connectivity index is 0.000000290. The smallest absolute Gasteiger partial charge is 0.505 e. The van der Waals surface area contributed by atoms with Gasteiger partial charge in [-0.2, -0.15) is 0 Å². The molecule has 6 aromatic carbocycles. The third-order valence-electron chi connectivity index (χ3n) is 7.86. The molecule has 56 heavy (non-hydrogen) atoms. The molecule has 278 valence electrons. The van der Waals surface area contributed by atoms with Gasteiger partial charge in [0.05, 0.1) is 31.8 Å². The second-order valence-corrected chi connectivity index (χ2v) is 11.3. The van der Waals surface area contributed by atoms with Gasteiger partial charge in [0.15, 0.2) is 11.5 Å². The van der Waals surface area contributed by atoms with Crippen molar-refractivity contribution in [2.24, 2.45) is 20.5 Å². The molecule has 0 aliphatic rings. The van der Waals surface area contributed by atoms with Gasteiger partial charge in [0.1, 0.15) is 22.7 Å². The molecule has 0 aliphatic heterocycles. The zero-order valence-corrected chi connectivity index (χ0v) is 32.4. The number of azo groups is 2. The minimum absolute atomic E-state index is 0. The van der Waals surface area contributed by atoms with E-state index in [1.807, 2.05) is 24.3 Å². The van der Waals surface area contributed by atoms with Crippen molar-refractivity contribution in [3.05, 3.63) is 137 Å². The first kappa shape index (κ1) is 43.8. The molecule has 6 rings (SSSR count). The van der Waals surface area contributed by atoms with E-state index in [-0.39, 0.29) is 69.8 Å². The molecule has 0 aromatic heterocycles. The average molecular weight is 812 g/mol. The van der Waals surface area contributed by atoms with Crippen LogP contribution < -0.4 is 29.6 Å². The normalized spacial score (nSPS) is 10.8. The van der Waals surface area contributed by atoms with E-state index in [0.29, 0.717) is 22.9 Å². The number of phenols is 4. The fourth-order valence-electron chi connectivity index (χ4n) is 5.23. The molecule has 0 bridgehead atoms. The average Bonchev–Trinajstić information content (AvgIpc) is 3.14. The molecule has 6 aromatic rings. The number of nitro benzene ring substituents is 4. The van der Waals surface area contributed by atoms with Crippen LogP contribution in [0.5, 0.6) is 23.0 Å². The Morgan fingerprint density at radius 1 is 0.446 bits per heavy atom. The van der Waals surface area contributed by atoms with Crippen LogP contribution in [0.1, 0.15) is 11.1 Å². The van der Waals surface area contributed by atoms with Gasteiger partial charge in [0, 0.05) is 40.3 Å². The monoisotopic (exact) mass is 811 g/mol. The van der Waals surface area contributed by atoms with Crippen molar-refractivity contribution in [3.63, 3.8) is 0 Å². The molecule has 20 nitrogen and oxygen atoms in total. The second kappa shape index (κ2) is 18.1. The van der Waals surface area contributed by atoms with E-state index in [9.17, 15) is 60.9 Å². The summed E-state index contributed by atoms with van der Waals surface area (Å²) in [7, 11) is 0. The Hall–Kier alpha value is -6.63. The summed E-state index contributed by atoms with van der Waals surface area (Å²) in [5.74, 6) is -2.04. The van der Waals surface area contributed by atoms with E-state index in [1.54, 1.807) is 50.2 Å². The fraction of sp³-hybridized carbons (Fsp3) is 0.0588. The number of aryl methyl sites for hydroxylation is 2. The maximum absolute atomic E-state index is 11.0. The van der Waals surface area contributed by atoms with Crippen LogP contribution in [0, 0.1) is 54.3 Å². The summed E-state index contributed by atoms with van der Waals surface area (Å²) in [5, 5.41) is 102. The van der Waals surface area contributed by atoms with Crippen molar-refractivity contribution < 1.29 is 87.0 Å². The number of rotatable bonds is 8. The molecule has 0 atom stereocenters. The molecular formula is C34H24CrN8NaO12+. The zero-order valence-electron chi connectivity index (χ0n) is 29.1. The molecule has 22 heteroatoms. The second-order valence-electron chi connectivity index (χ2n) is 11.3. The number of nitrogens with zero attached hydrogens (tertiary/aromatic N) is 8. The van der Waals surface area contributed by atoms with Crippen LogP contribution in [0.2, 0.25) is 0 Å². The molecule has 4 N–H and O–H groups in total. The van der Waals surface area contributed by atoms with Crippen LogP contribution in [0.15, 0.2) is 105 Å². The number of non-ortho nitro benzene ring substituents is 2. The summed E-state index contributed by atoms with van der Waals surface area (Å²) in [5.41, 5.74) is -2.17. The van der Waals surface area contributed by atoms with Gasteiger partial charge in [0.2, 0.25) is 11.5 Å². The van der Waals surface area contributed by atoms with Gasteiger partial charge >= 0.3 is 40.9 Å². The summed E-state index contributed by atoms with van der Waals surface area (Å²) in [4.78, 5) is 40.2. The first-order chi connectivity index (χ1) is 25.6. The van der Waals surface area contributed by atoms with E-state index >= 15 is 0 Å². The van der Waals surface area contributed by atoms with Crippen molar-refractivity contribution in [2.75, 3.05) is 0 Å². The predicted molar refractivity (Wildman–Crippen MR) is 192 cm³/mol. The largest absolute Gasteiger partial charge is 1.00 e. The van der Waals surface area contributed by atoms with Gasteiger partial charge in [-0.05, 0) is 47.9 Å². The maximum atomic E-state index is 11.0. The van der Waals surface area contributed by atoms with Crippen molar-refractivity contribution in [1.29, 1.82) is 0 Å². The third kappa shape index (κ3) is 9.17. The van der Waals surface area contributed by atoms with Crippen LogP contribution in [0.25, 0.3) is 21.5 Å². The summed E-state index contributed by atoms with van der Waals surface area (Å²) in [6.45, 7) is 3.60. The summed E-state index contributed by atoms with van der Waals surface area (Å²) in [6, 6.07) is 20.2. The van der Waals surface area contributed by atoms with Gasteiger partial charge in [-0.25, -0.2) is 0 Å². The molecule has 0 unspecified atom stereocenters. The van der Waals surface area contributed by atoms with Crippen LogP contribution in [0.3, 0.4) is 0 Å². The van der Waals surface area contributed by atoms with Crippen molar-refractivity contribution in [1.82, 2.24) is 0 Å². The molecule has 0 saturated heterocycles. The van der Waals surface area contributed by atoms with Crippen LogP contribution in [0.4, 0.5) is 45.5 Å². The fourth-order valence-corrected chi connectivity index (χ4v) is 5.23. The maximum Gasteiger partial charge on any atom is 1.00 e. The van der Waals surface area contributed by atoms with Crippen molar-refractivity contribution >= 4 is 67.0 Å². The van der Waals surface area contributed by atoms with E-state index in [4.69, 9.17) is 0 Å². The number of phenolic OH excluding ortho intramolecular Hbond substituents is 4. The number of benzene rings is 6. The first-order valence-corrected chi connectivity index (χ1v) is 15.2. The summed E-state index contributed by atoms with van der Waals surface area (Å²) in [6.07, 6.45) is 0. The Morgan fingerprint density at radius 3 is 1.02 bits per heavy atom. The van der Waals surface area contributed by atoms with Gasteiger partial charge < -0.3 is 20.4 Å². The Kier molecular flexibility index (Phi) is 14.2.